The van der Waals surface area contributed by atoms with Crippen LogP contribution in [0.15, 0.2) is 84.9 Å². The molecule has 7 nitrogen and oxygen atoms in total. The van der Waals surface area contributed by atoms with E-state index in [1.54, 1.807) is 60.7 Å². The number of aromatic hydroxyl groups is 2. The first-order chi connectivity index (χ1) is 21.3. The summed E-state index contributed by atoms with van der Waals surface area (Å²) in [5, 5.41) is 21.4. The lowest BCUT2D eigenvalue weighted by molar-refractivity contribution is 0.0754. The lowest BCUT2D eigenvalue weighted by Crippen LogP contribution is -2.18. The number of phenols is 2. The molecule has 0 amide bonds. The van der Waals surface area contributed by atoms with Crippen molar-refractivity contribution in [3.63, 3.8) is 0 Å². The molecular weight excluding hydrogens is 568 g/mol. The average Bonchev–Trinajstić information content (AvgIpc) is 2.99. The molecule has 7 heteroatoms. The molecule has 0 unspecified atom stereocenters. The maximum Gasteiger partial charge on any atom is 0.196 e. The van der Waals surface area contributed by atoms with Gasteiger partial charge in [-0.2, -0.15) is 0 Å². The monoisotopic (exact) mass is 610 g/mol. The van der Waals surface area contributed by atoms with Gasteiger partial charge in [0.15, 0.2) is 11.6 Å². The highest BCUT2D eigenvalue weighted by atomic mass is 16.5. The first kappa shape index (κ1) is 33.3. The molecule has 236 valence electrons. The first-order valence-electron chi connectivity index (χ1n) is 15.0. The van der Waals surface area contributed by atoms with Gasteiger partial charge in [0.05, 0.1) is 24.3 Å². The normalized spacial score (nSPS) is 11.7. The quantitative estimate of drug-likeness (QED) is 0.126. The van der Waals surface area contributed by atoms with Gasteiger partial charge in [0.1, 0.15) is 36.2 Å². The van der Waals surface area contributed by atoms with Crippen molar-refractivity contribution in [3.05, 3.63) is 118 Å². The van der Waals surface area contributed by atoms with Crippen LogP contribution in [-0.2, 0) is 15.6 Å². The number of carbonyl (C=O) groups is 2. The van der Waals surface area contributed by atoms with Gasteiger partial charge in [0, 0.05) is 34.4 Å². The third-order valence-electron chi connectivity index (χ3n) is 7.34. The summed E-state index contributed by atoms with van der Waals surface area (Å²) >= 11 is 0. The van der Waals surface area contributed by atoms with Crippen LogP contribution in [0.4, 0.5) is 0 Å². The van der Waals surface area contributed by atoms with Crippen molar-refractivity contribution in [2.75, 3.05) is 26.4 Å². The fourth-order valence-electron chi connectivity index (χ4n) is 4.93. The molecule has 4 aromatic carbocycles. The highest BCUT2D eigenvalue weighted by molar-refractivity contribution is 6.11. The molecule has 45 heavy (non-hydrogen) atoms. The predicted molar refractivity (Wildman–Crippen MR) is 175 cm³/mol. The largest absolute Gasteiger partial charge is 0.507 e. The smallest absolute Gasteiger partial charge is 0.196 e. The van der Waals surface area contributed by atoms with E-state index in [1.807, 2.05) is 53.7 Å². The lowest BCUT2D eigenvalue weighted by Gasteiger charge is -2.24. The zero-order chi connectivity index (χ0) is 32.8. The third kappa shape index (κ3) is 8.31. The fraction of sp³-hybridized carbons (Fsp3) is 0.316. The predicted octanol–water partition coefficient (Wildman–Crippen LogP) is 7.63. The van der Waals surface area contributed by atoms with Crippen molar-refractivity contribution in [3.8, 4) is 23.0 Å². The van der Waals surface area contributed by atoms with Gasteiger partial charge in [0.25, 0.3) is 0 Å². The van der Waals surface area contributed by atoms with E-state index in [1.165, 1.54) is 12.1 Å². The summed E-state index contributed by atoms with van der Waals surface area (Å²) < 4.78 is 17.7. The molecule has 0 aliphatic carbocycles. The second-order valence-electron chi connectivity index (χ2n) is 12.9. The van der Waals surface area contributed by atoms with Gasteiger partial charge < -0.3 is 24.4 Å². The summed E-state index contributed by atoms with van der Waals surface area (Å²) in [5.74, 6) is 0.175. The number of phenolic OH excluding ortho intramolecular Hbond substituents is 2. The Balaban J connectivity index is 1.36. The molecular formula is C38H42O7. The molecule has 4 aromatic rings. The van der Waals surface area contributed by atoms with Crippen LogP contribution in [0.25, 0.3) is 0 Å². The molecule has 0 saturated heterocycles. The average molecular weight is 611 g/mol. The summed E-state index contributed by atoms with van der Waals surface area (Å²) in [4.78, 5) is 26.1. The van der Waals surface area contributed by atoms with Crippen LogP contribution in [-0.4, -0.2) is 48.2 Å². The van der Waals surface area contributed by atoms with E-state index in [0.717, 1.165) is 11.1 Å². The Morgan fingerprint density at radius 3 is 1.24 bits per heavy atom. The fourth-order valence-corrected chi connectivity index (χ4v) is 4.93. The van der Waals surface area contributed by atoms with Crippen LogP contribution in [0.5, 0.6) is 23.0 Å². The van der Waals surface area contributed by atoms with Crippen LogP contribution in [0, 0.1) is 0 Å². The van der Waals surface area contributed by atoms with E-state index >= 15 is 0 Å². The molecule has 4 rings (SSSR count). The topological polar surface area (TPSA) is 102 Å². The lowest BCUT2D eigenvalue weighted by atomic mass is 9.84. The molecule has 0 atom stereocenters. The molecule has 0 fully saturated rings. The van der Waals surface area contributed by atoms with Gasteiger partial charge in [-0.3, -0.25) is 9.59 Å². The minimum Gasteiger partial charge on any atom is -0.507 e. The SMILES string of the molecule is CC(C)(C)c1cc(C(=O)c2ccccc2)c(O)cc1OCCOCCOc1cc(O)c(C(=O)c2ccccc2)cc1C(C)(C)C. The molecule has 0 spiro atoms. The van der Waals surface area contributed by atoms with Gasteiger partial charge in [-0.25, -0.2) is 0 Å². The maximum absolute atomic E-state index is 13.1. The standard InChI is InChI=1S/C38H42O7/c1-37(2,3)29-21-27(35(41)25-13-9-7-10-14-25)31(39)23-33(29)44-19-17-43-18-20-45-34-24-32(40)28(22-30(34)38(4,5)6)36(42)26-15-11-8-12-16-26/h7-16,21-24,39-40H,17-20H2,1-6H3. The Morgan fingerprint density at radius 2 is 0.911 bits per heavy atom. The molecule has 0 bridgehead atoms. The zero-order valence-electron chi connectivity index (χ0n) is 26.8. The summed E-state index contributed by atoms with van der Waals surface area (Å²) in [7, 11) is 0. The second kappa shape index (κ2) is 14.0. The van der Waals surface area contributed by atoms with Crippen molar-refractivity contribution in [1.82, 2.24) is 0 Å². The number of hydrogen-bond donors (Lipinski definition) is 2. The Labute approximate surface area is 265 Å². The van der Waals surface area contributed by atoms with Crippen molar-refractivity contribution in [1.29, 1.82) is 0 Å². The van der Waals surface area contributed by atoms with Gasteiger partial charge in [-0.15, -0.1) is 0 Å². The van der Waals surface area contributed by atoms with Crippen molar-refractivity contribution in [2.45, 2.75) is 52.4 Å². The Morgan fingerprint density at radius 1 is 0.556 bits per heavy atom. The highest BCUT2D eigenvalue weighted by Crippen LogP contribution is 2.38. The van der Waals surface area contributed by atoms with Crippen molar-refractivity contribution < 1.29 is 34.0 Å². The molecule has 2 N–H and O–H groups in total. The van der Waals surface area contributed by atoms with E-state index < -0.39 is 0 Å². The van der Waals surface area contributed by atoms with Gasteiger partial charge in [-0.1, -0.05) is 102 Å². The molecule has 0 aromatic heterocycles. The highest BCUT2D eigenvalue weighted by Gasteiger charge is 2.26. The van der Waals surface area contributed by atoms with Gasteiger partial charge in [-0.05, 0) is 23.0 Å². The number of rotatable bonds is 12. The molecule has 0 aliphatic rings. The van der Waals surface area contributed by atoms with E-state index in [-0.39, 0.29) is 71.4 Å². The van der Waals surface area contributed by atoms with Gasteiger partial charge >= 0.3 is 0 Å². The summed E-state index contributed by atoms with van der Waals surface area (Å²) in [6.07, 6.45) is 0. The van der Waals surface area contributed by atoms with Crippen LogP contribution < -0.4 is 9.47 Å². The van der Waals surface area contributed by atoms with Crippen LogP contribution >= 0.6 is 0 Å². The summed E-state index contributed by atoms with van der Waals surface area (Å²) in [5.41, 5.74) is 2.35. The van der Waals surface area contributed by atoms with Crippen molar-refractivity contribution >= 4 is 11.6 Å². The van der Waals surface area contributed by atoms with Crippen LogP contribution in [0.1, 0.15) is 84.5 Å². The molecule has 0 radical (unpaired) electrons. The Bertz CT molecular complexity index is 1510. The van der Waals surface area contributed by atoms with E-state index in [4.69, 9.17) is 14.2 Å². The molecule has 0 saturated carbocycles. The molecule has 0 heterocycles. The second-order valence-corrected chi connectivity index (χ2v) is 12.9. The Kier molecular flexibility index (Phi) is 10.3. The first-order valence-corrected chi connectivity index (χ1v) is 15.0. The van der Waals surface area contributed by atoms with Crippen LogP contribution in [0.2, 0.25) is 0 Å². The Hall–Kier alpha value is -4.62. The third-order valence-corrected chi connectivity index (χ3v) is 7.34. The maximum atomic E-state index is 13.1. The summed E-state index contributed by atoms with van der Waals surface area (Å²) in [6, 6.07) is 24.1. The van der Waals surface area contributed by atoms with Crippen molar-refractivity contribution in [2.24, 2.45) is 0 Å². The zero-order valence-corrected chi connectivity index (χ0v) is 26.8. The number of hydrogen-bond acceptors (Lipinski definition) is 7. The number of benzene rings is 4. The van der Waals surface area contributed by atoms with Gasteiger partial charge in [0.2, 0.25) is 0 Å². The summed E-state index contributed by atoms with van der Waals surface area (Å²) in [6.45, 7) is 13.1. The van der Waals surface area contributed by atoms with E-state index in [9.17, 15) is 19.8 Å². The van der Waals surface area contributed by atoms with Crippen LogP contribution in [0.3, 0.4) is 0 Å². The number of ether oxygens (including phenoxy) is 3. The minimum absolute atomic E-state index is 0.143. The van der Waals surface area contributed by atoms with E-state index in [0.29, 0.717) is 22.6 Å². The molecule has 0 aliphatic heterocycles. The minimum atomic E-state index is -0.346. The van der Waals surface area contributed by atoms with E-state index in [2.05, 4.69) is 0 Å². The number of ketones is 2. The number of carbonyl (C=O) groups excluding carboxylic acids is 2.